The lowest BCUT2D eigenvalue weighted by Crippen LogP contribution is -2.12. The smallest absolute Gasteiger partial charge is 0.248 e. The summed E-state index contributed by atoms with van der Waals surface area (Å²) in [6.07, 6.45) is 14.8. The van der Waals surface area contributed by atoms with Crippen LogP contribution in [-0.4, -0.2) is 31.1 Å². The van der Waals surface area contributed by atoms with Crippen LogP contribution in [0.15, 0.2) is 48.5 Å². The number of para-hydroxylation sites is 1. The lowest BCUT2D eigenvalue weighted by Gasteiger charge is -2.03. The molecule has 0 bridgehead atoms. The van der Waals surface area contributed by atoms with Crippen LogP contribution < -0.4 is 5.21 Å². The van der Waals surface area contributed by atoms with Crippen LogP contribution in [0.4, 0.5) is 0 Å². The highest BCUT2D eigenvalue weighted by molar-refractivity contribution is 5.88. The summed E-state index contributed by atoms with van der Waals surface area (Å²) in [5, 5.41) is 19.0. The van der Waals surface area contributed by atoms with Crippen LogP contribution in [0.2, 0.25) is 0 Å². The highest BCUT2D eigenvalue weighted by Crippen LogP contribution is 2.14. The van der Waals surface area contributed by atoms with Crippen molar-refractivity contribution < 1.29 is 4.79 Å². The Kier molecular flexibility index (Phi) is 10.5. The molecule has 7 heteroatoms. The summed E-state index contributed by atoms with van der Waals surface area (Å²) in [6, 6.07) is 15.2. The fraction of sp³-hybridized carbons (Fsp3) is 0.500. The van der Waals surface area contributed by atoms with E-state index in [4.69, 9.17) is 0 Å². The fourth-order valence-electron chi connectivity index (χ4n) is 3.85. The Morgan fingerprint density at radius 2 is 1.24 bits per heavy atom. The molecule has 4 aromatic rings. The van der Waals surface area contributed by atoms with Gasteiger partial charge in [0.05, 0.1) is 16.6 Å². The van der Waals surface area contributed by atoms with Gasteiger partial charge >= 0.3 is 0 Å². The average Bonchev–Trinajstić information content (AvgIpc) is 3.50. The van der Waals surface area contributed by atoms with E-state index in [1.54, 1.807) is 0 Å². The summed E-state index contributed by atoms with van der Waals surface area (Å²) in [7, 11) is 0. The number of rotatable bonds is 12. The zero-order valence-electron chi connectivity index (χ0n) is 19.7. The monoisotopic (exact) mass is 447 g/mol. The quantitative estimate of drug-likeness (QED) is 0.235. The number of benzene rings is 2. The zero-order valence-corrected chi connectivity index (χ0v) is 19.7. The molecule has 176 valence electrons. The normalized spacial score (nSPS) is 10.9. The molecule has 0 N–H and O–H groups in total. The Morgan fingerprint density at radius 1 is 0.727 bits per heavy atom. The molecule has 0 radical (unpaired) electrons. The maximum absolute atomic E-state index is 12.2. The molecule has 7 nitrogen and oxygen atoms in total. The molecule has 4 rings (SSSR count). The van der Waals surface area contributed by atoms with Gasteiger partial charge in [-0.2, -0.15) is 4.68 Å². The van der Waals surface area contributed by atoms with Crippen LogP contribution in [0.5, 0.6) is 0 Å². The minimum Gasteiger partial charge on any atom is -0.492 e. The SMILES string of the molecule is CCCCCCCCCCCCCC(=O)n1nnc2ccccc21.c1ccc2n[n-]nc2c1. The number of hydrogen-bond acceptors (Lipinski definition) is 5. The van der Waals surface area contributed by atoms with Crippen molar-refractivity contribution in [2.24, 2.45) is 0 Å². The number of carbonyl (C=O) groups excluding carboxylic acids is 1. The van der Waals surface area contributed by atoms with Gasteiger partial charge in [-0.25, -0.2) is 0 Å². The van der Waals surface area contributed by atoms with Gasteiger partial charge in [-0.05, 0) is 30.7 Å². The first kappa shape index (κ1) is 24.6. The number of nitrogens with zero attached hydrogens (tertiary/aromatic N) is 6. The van der Waals surface area contributed by atoms with Crippen LogP contribution in [0.25, 0.3) is 22.1 Å². The molecule has 2 aromatic carbocycles. The molecule has 0 aliphatic heterocycles. The topological polar surface area (TPSA) is 87.7 Å². The molecule has 0 spiro atoms. The average molecular weight is 448 g/mol. The largest absolute Gasteiger partial charge is 0.492 e. The molecular weight excluding hydrogens is 412 g/mol. The van der Waals surface area contributed by atoms with Crippen molar-refractivity contribution in [1.29, 1.82) is 0 Å². The van der Waals surface area contributed by atoms with Crippen molar-refractivity contribution >= 4 is 28.0 Å². The highest BCUT2D eigenvalue weighted by atomic mass is 16.2. The van der Waals surface area contributed by atoms with E-state index in [-0.39, 0.29) is 5.91 Å². The summed E-state index contributed by atoms with van der Waals surface area (Å²) in [4.78, 5) is 12.2. The molecule has 0 saturated heterocycles. The fourth-order valence-corrected chi connectivity index (χ4v) is 3.85. The summed E-state index contributed by atoms with van der Waals surface area (Å²) in [5.41, 5.74) is 3.31. The first-order valence-corrected chi connectivity index (χ1v) is 12.3. The molecule has 0 aliphatic carbocycles. The second-order valence-electron chi connectivity index (χ2n) is 8.45. The number of carbonyl (C=O) groups is 1. The van der Waals surface area contributed by atoms with Gasteiger partial charge in [-0.1, -0.05) is 101 Å². The van der Waals surface area contributed by atoms with Crippen LogP contribution in [0.1, 0.15) is 88.8 Å². The van der Waals surface area contributed by atoms with Crippen molar-refractivity contribution in [1.82, 2.24) is 30.4 Å². The van der Waals surface area contributed by atoms with Crippen LogP contribution >= 0.6 is 0 Å². The number of hydrogen-bond donors (Lipinski definition) is 0. The Bertz CT molecular complexity index is 1060. The van der Waals surface area contributed by atoms with Gasteiger partial charge < -0.3 is 15.4 Å². The number of aromatic nitrogens is 6. The van der Waals surface area contributed by atoms with Gasteiger partial charge in [0.25, 0.3) is 0 Å². The van der Waals surface area contributed by atoms with Crippen LogP contribution in [0.3, 0.4) is 0 Å². The predicted octanol–water partition coefficient (Wildman–Crippen LogP) is 6.36. The van der Waals surface area contributed by atoms with Crippen molar-refractivity contribution in [3.8, 4) is 0 Å². The molecule has 0 fully saturated rings. The molecule has 33 heavy (non-hydrogen) atoms. The lowest BCUT2D eigenvalue weighted by molar-refractivity contribution is 0.0886. The zero-order chi connectivity index (χ0) is 23.1. The van der Waals surface area contributed by atoms with Gasteiger partial charge in [-0.3, -0.25) is 4.79 Å². The minimum absolute atomic E-state index is 0.0552. The molecule has 0 unspecified atom stereocenters. The van der Waals surface area contributed by atoms with Gasteiger partial charge in [0.15, 0.2) is 0 Å². The van der Waals surface area contributed by atoms with Gasteiger partial charge in [0.2, 0.25) is 5.91 Å². The molecule has 0 aliphatic rings. The summed E-state index contributed by atoms with van der Waals surface area (Å²) < 4.78 is 1.45. The predicted molar refractivity (Wildman–Crippen MR) is 132 cm³/mol. The van der Waals surface area contributed by atoms with Crippen LogP contribution in [-0.2, 0) is 0 Å². The van der Waals surface area contributed by atoms with E-state index in [0.717, 1.165) is 34.9 Å². The Morgan fingerprint density at radius 3 is 1.85 bits per heavy atom. The lowest BCUT2D eigenvalue weighted by atomic mass is 10.1. The van der Waals surface area contributed by atoms with Crippen molar-refractivity contribution in [2.45, 2.75) is 84.0 Å². The minimum atomic E-state index is 0.0552. The maximum Gasteiger partial charge on any atom is 0.248 e. The summed E-state index contributed by atoms with van der Waals surface area (Å²) in [5.74, 6) is 0.0552. The first-order chi connectivity index (χ1) is 16.3. The number of unbranched alkanes of at least 4 members (excludes halogenated alkanes) is 10. The van der Waals surface area contributed by atoms with Crippen LogP contribution in [0, 0.1) is 0 Å². The van der Waals surface area contributed by atoms with Gasteiger partial charge in [0.1, 0.15) is 5.52 Å². The second kappa shape index (κ2) is 14.1. The third-order valence-corrected chi connectivity index (χ3v) is 5.77. The standard InChI is InChI=1S/C20H31N3O.C6H4N3/c1-2-3-4-5-6-7-8-9-10-11-12-17-20(24)23-19-16-14-13-15-18(19)21-22-23;1-2-4-6-5(3-1)7-9-8-6/h13-16H,2-12,17H2,1H3;1-4H/q;-1. The van der Waals surface area contributed by atoms with E-state index in [1.807, 2.05) is 48.5 Å². The van der Waals surface area contributed by atoms with Gasteiger partial charge in [0, 0.05) is 6.42 Å². The Labute approximate surface area is 196 Å². The van der Waals surface area contributed by atoms with E-state index < -0.39 is 0 Å². The van der Waals surface area contributed by atoms with E-state index in [9.17, 15) is 4.79 Å². The highest BCUT2D eigenvalue weighted by Gasteiger charge is 2.10. The number of fused-ring (bicyclic) bond motifs is 2. The van der Waals surface area contributed by atoms with Gasteiger partial charge in [-0.15, -0.1) is 5.10 Å². The molecular formula is C26H35N6O-. The summed E-state index contributed by atoms with van der Waals surface area (Å²) >= 11 is 0. The molecule has 2 aromatic heterocycles. The second-order valence-corrected chi connectivity index (χ2v) is 8.45. The molecule has 0 amide bonds. The van der Waals surface area contributed by atoms with Crippen molar-refractivity contribution in [2.75, 3.05) is 0 Å². The van der Waals surface area contributed by atoms with E-state index in [2.05, 4.69) is 32.6 Å². The third kappa shape index (κ3) is 8.08. The molecule has 0 saturated carbocycles. The van der Waals surface area contributed by atoms with Crippen molar-refractivity contribution in [3.05, 3.63) is 48.5 Å². The molecule has 2 heterocycles. The maximum atomic E-state index is 12.2. The Hall–Kier alpha value is -3.09. The first-order valence-electron chi connectivity index (χ1n) is 12.3. The Balaban J connectivity index is 0.000000280. The van der Waals surface area contributed by atoms with E-state index in [0.29, 0.717) is 6.42 Å². The third-order valence-electron chi connectivity index (χ3n) is 5.77. The van der Waals surface area contributed by atoms with E-state index in [1.165, 1.54) is 62.5 Å². The molecule has 0 atom stereocenters. The summed E-state index contributed by atoms with van der Waals surface area (Å²) in [6.45, 7) is 2.26. The van der Waals surface area contributed by atoms with Crippen molar-refractivity contribution in [3.63, 3.8) is 0 Å². The van der Waals surface area contributed by atoms with E-state index >= 15 is 0 Å².